The Morgan fingerprint density at radius 3 is 2.92 bits per heavy atom. The molecule has 2 rings (SSSR count). The molecule has 0 amide bonds. The Kier molecular flexibility index (Phi) is 3.19. The van der Waals surface area contributed by atoms with Gasteiger partial charge in [0.2, 0.25) is 0 Å². The van der Waals surface area contributed by atoms with Crippen molar-refractivity contribution in [2.45, 2.75) is 25.3 Å². The van der Waals surface area contributed by atoms with Gasteiger partial charge in [-0.3, -0.25) is 0 Å². The Morgan fingerprint density at radius 1 is 1.38 bits per heavy atom. The topological polar surface area (TPSA) is 38.5 Å². The fraction of sp³-hybridized carbons (Fsp3) is 1.00. The number of nitrogens with two attached hydrogens (primary N) is 1. The van der Waals surface area contributed by atoms with Crippen molar-refractivity contribution in [3.63, 3.8) is 0 Å². The van der Waals surface area contributed by atoms with E-state index in [0.717, 1.165) is 25.7 Å². The molecule has 2 fully saturated rings. The number of hydrogen-bond donors (Lipinski definition) is 1. The van der Waals surface area contributed by atoms with Crippen LogP contribution in [0.4, 0.5) is 0 Å². The Hall–Kier alpha value is -0.120. The molecule has 0 aromatic heterocycles. The van der Waals surface area contributed by atoms with E-state index < -0.39 is 0 Å². The van der Waals surface area contributed by atoms with Gasteiger partial charge < -0.3 is 15.4 Å². The molecule has 0 spiro atoms. The molecule has 13 heavy (non-hydrogen) atoms. The molecule has 2 aliphatic rings. The van der Waals surface area contributed by atoms with Gasteiger partial charge in [-0.15, -0.1) is 0 Å². The number of nitrogens with zero attached hydrogens (tertiary/aromatic N) is 1. The maximum absolute atomic E-state index is 5.84. The highest BCUT2D eigenvalue weighted by Crippen LogP contribution is 2.18. The Bertz CT molecular complexity index is 157. The van der Waals surface area contributed by atoms with Crippen LogP contribution < -0.4 is 5.73 Å². The zero-order chi connectivity index (χ0) is 9.10. The molecule has 0 saturated carbocycles. The second kappa shape index (κ2) is 4.40. The molecule has 2 saturated heterocycles. The molecule has 2 aliphatic heterocycles. The highest BCUT2D eigenvalue weighted by molar-refractivity contribution is 4.78. The van der Waals surface area contributed by atoms with Crippen LogP contribution in [-0.2, 0) is 4.74 Å². The molecule has 2 atom stereocenters. The second-order valence-electron chi connectivity index (χ2n) is 4.37. The number of hydrogen-bond acceptors (Lipinski definition) is 3. The van der Waals surface area contributed by atoms with Crippen LogP contribution in [0.1, 0.15) is 19.3 Å². The first-order valence-electron chi connectivity index (χ1n) is 5.40. The minimum atomic E-state index is 0.430. The molecule has 3 nitrogen and oxygen atoms in total. The van der Waals surface area contributed by atoms with Crippen molar-refractivity contribution in [3.05, 3.63) is 0 Å². The molecule has 2 heterocycles. The SMILES string of the molecule is N[C@@H]1CCN(CCC2CCOC2)C1. The van der Waals surface area contributed by atoms with Crippen molar-refractivity contribution in [1.29, 1.82) is 0 Å². The summed E-state index contributed by atoms with van der Waals surface area (Å²) >= 11 is 0. The average Bonchev–Trinajstić information content (AvgIpc) is 2.71. The summed E-state index contributed by atoms with van der Waals surface area (Å²) in [7, 11) is 0. The Labute approximate surface area is 80.2 Å². The summed E-state index contributed by atoms with van der Waals surface area (Å²) in [5.74, 6) is 0.817. The van der Waals surface area contributed by atoms with E-state index in [9.17, 15) is 0 Å². The molecule has 0 radical (unpaired) electrons. The lowest BCUT2D eigenvalue weighted by Crippen LogP contribution is -2.28. The molecule has 0 aromatic rings. The normalized spacial score (nSPS) is 35.8. The van der Waals surface area contributed by atoms with Crippen LogP contribution in [0.3, 0.4) is 0 Å². The molecule has 0 aromatic carbocycles. The van der Waals surface area contributed by atoms with E-state index in [4.69, 9.17) is 10.5 Å². The van der Waals surface area contributed by atoms with Crippen LogP contribution in [-0.4, -0.2) is 43.8 Å². The lowest BCUT2D eigenvalue weighted by molar-refractivity contribution is 0.180. The predicted molar refractivity (Wildman–Crippen MR) is 52.6 cm³/mol. The number of likely N-dealkylation sites (tertiary alicyclic amines) is 1. The summed E-state index contributed by atoms with van der Waals surface area (Å²) in [6.07, 6.45) is 3.74. The predicted octanol–water partition coefficient (Wildman–Crippen LogP) is 0.446. The lowest BCUT2D eigenvalue weighted by atomic mass is 10.1. The fourth-order valence-corrected chi connectivity index (χ4v) is 2.24. The maximum Gasteiger partial charge on any atom is 0.0495 e. The van der Waals surface area contributed by atoms with E-state index in [-0.39, 0.29) is 0 Å². The Morgan fingerprint density at radius 2 is 2.31 bits per heavy atom. The highest BCUT2D eigenvalue weighted by atomic mass is 16.5. The van der Waals surface area contributed by atoms with E-state index in [1.807, 2.05) is 0 Å². The van der Waals surface area contributed by atoms with Crippen LogP contribution in [0.15, 0.2) is 0 Å². The number of rotatable bonds is 3. The minimum Gasteiger partial charge on any atom is -0.381 e. The largest absolute Gasteiger partial charge is 0.381 e. The third-order valence-electron chi connectivity index (χ3n) is 3.19. The summed E-state index contributed by atoms with van der Waals surface area (Å²) in [6, 6.07) is 0.430. The van der Waals surface area contributed by atoms with Crippen LogP contribution in [0, 0.1) is 5.92 Å². The molecule has 76 valence electrons. The zero-order valence-corrected chi connectivity index (χ0v) is 8.24. The quantitative estimate of drug-likeness (QED) is 0.692. The zero-order valence-electron chi connectivity index (χ0n) is 8.24. The van der Waals surface area contributed by atoms with Gasteiger partial charge in [0.1, 0.15) is 0 Å². The van der Waals surface area contributed by atoms with Crippen molar-refractivity contribution < 1.29 is 4.74 Å². The van der Waals surface area contributed by atoms with Gasteiger partial charge in [0, 0.05) is 25.8 Å². The van der Waals surface area contributed by atoms with E-state index in [1.165, 1.54) is 32.4 Å². The van der Waals surface area contributed by atoms with E-state index in [1.54, 1.807) is 0 Å². The molecule has 2 N–H and O–H groups in total. The molecule has 0 aliphatic carbocycles. The van der Waals surface area contributed by atoms with Gasteiger partial charge in [0.05, 0.1) is 0 Å². The summed E-state index contributed by atoms with van der Waals surface area (Å²) in [5.41, 5.74) is 5.84. The van der Waals surface area contributed by atoms with Crippen LogP contribution in [0.5, 0.6) is 0 Å². The third-order valence-corrected chi connectivity index (χ3v) is 3.19. The molecule has 1 unspecified atom stereocenters. The summed E-state index contributed by atoms with van der Waals surface area (Å²) < 4.78 is 5.35. The highest BCUT2D eigenvalue weighted by Gasteiger charge is 2.21. The smallest absolute Gasteiger partial charge is 0.0495 e. The summed E-state index contributed by atoms with van der Waals surface area (Å²) in [5, 5.41) is 0. The van der Waals surface area contributed by atoms with Crippen molar-refractivity contribution in [2.75, 3.05) is 32.8 Å². The molecule has 3 heteroatoms. The van der Waals surface area contributed by atoms with Crippen molar-refractivity contribution >= 4 is 0 Å². The monoisotopic (exact) mass is 184 g/mol. The second-order valence-corrected chi connectivity index (χ2v) is 4.37. The first kappa shape index (κ1) is 9.44. The maximum atomic E-state index is 5.84. The van der Waals surface area contributed by atoms with Crippen LogP contribution in [0.25, 0.3) is 0 Å². The van der Waals surface area contributed by atoms with Crippen molar-refractivity contribution in [3.8, 4) is 0 Å². The van der Waals surface area contributed by atoms with Gasteiger partial charge >= 0.3 is 0 Å². The molecular formula is C10H20N2O. The summed E-state index contributed by atoms with van der Waals surface area (Å²) in [4.78, 5) is 2.49. The average molecular weight is 184 g/mol. The standard InChI is InChI=1S/C10H20N2O/c11-10-2-5-12(7-10)4-1-9-3-6-13-8-9/h9-10H,1-8,11H2/t9?,10-/m1/s1. The van der Waals surface area contributed by atoms with Crippen LogP contribution in [0.2, 0.25) is 0 Å². The lowest BCUT2D eigenvalue weighted by Gasteiger charge is -2.16. The van der Waals surface area contributed by atoms with Gasteiger partial charge in [0.15, 0.2) is 0 Å². The van der Waals surface area contributed by atoms with Gasteiger partial charge in [-0.05, 0) is 38.3 Å². The van der Waals surface area contributed by atoms with E-state index in [0.29, 0.717) is 6.04 Å². The fourth-order valence-electron chi connectivity index (χ4n) is 2.24. The Balaban J connectivity index is 1.62. The first-order chi connectivity index (χ1) is 6.34. The first-order valence-corrected chi connectivity index (χ1v) is 5.40. The van der Waals surface area contributed by atoms with Crippen molar-refractivity contribution in [2.24, 2.45) is 11.7 Å². The van der Waals surface area contributed by atoms with Gasteiger partial charge in [-0.2, -0.15) is 0 Å². The van der Waals surface area contributed by atoms with Crippen LogP contribution >= 0.6 is 0 Å². The van der Waals surface area contributed by atoms with E-state index >= 15 is 0 Å². The minimum absolute atomic E-state index is 0.430. The van der Waals surface area contributed by atoms with Crippen molar-refractivity contribution in [1.82, 2.24) is 4.90 Å². The number of ether oxygens (including phenoxy) is 1. The van der Waals surface area contributed by atoms with Gasteiger partial charge in [-0.1, -0.05) is 0 Å². The third kappa shape index (κ3) is 2.66. The van der Waals surface area contributed by atoms with Gasteiger partial charge in [0.25, 0.3) is 0 Å². The van der Waals surface area contributed by atoms with Gasteiger partial charge in [-0.25, -0.2) is 0 Å². The molecular weight excluding hydrogens is 164 g/mol. The molecule has 0 bridgehead atoms. The van der Waals surface area contributed by atoms with E-state index in [2.05, 4.69) is 4.90 Å². The summed E-state index contributed by atoms with van der Waals surface area (Å²) in [6.45, 7) is 5.49.